The number of amides is 1. The molecule has 2 aliphatic heterocycles. The smallest absolute Gasteiger partial charge is 0.293 e. The largest absolute Gasteiger partial charge is 0.348 e. The molecule has 7 heteroatoms. The monoisotopic (exact) mass is 333 g/mol. The summed E-state index contributed by atoms with van der Waals surface area (Å²) in [6.45, 7) is 4.85. The van der Waals surface area contributed by atoms with Crippen LogP contribution in [0.15, 0.2) is 17.2 Å². The SMILES string of the molecule is Cn1ccnc(N2CCN(C(=O)CCC3CCNCC3)CC2)c1=O. The Labute approximate surface area is 142 Å². The lowest BCUT2D eigenvalue weighted by Gasteiger charge is -2.35. The van der Waals surface area contributed by atoms with Crippen molar-refractivity contribution in [2.45, 2.75) is 25.7 Å². The summed E-state index contributed by atoms with van der Waals surface area (Å²) in [5.74, 6) is 1.43. The Bertz CT molecular complexity index is 616. The highest BCUT2D eigenvalue weighted by molar-refractivity contribution is 5.76. The van der Waals surface area contributed by atoms with Crippen LogP contribution in [0.5, 0.6) is 0 Å². The molecule has 2 aliphatic rings. The zero-order chi connectivity index (χ0) is 16.9. The standard InChI is InChI=1S/C17H27N5O2/c1-20-9-8-19-16(17(20)24)22-12-10-21(11-13-22)15(23)3-2-14-4-6-18-7-5-14/h8-9,14,18H,2-7,10-13H2,1H3. The number of piperidine rings is 1. The Morgan fingerprint density at radius 3 is 2.67 bits per heavy atom. The van der Waals surface area contributed by atoms with Crippen LogP contribution in [0.1, 0.15) is 25.7 Å². The van der Waals surface area contributed by atoms with Crippen LogP contribution >= 0.6 is 0 Å². The lowest BCUT2D eigenvalue weighted by atomic mass is 9.93. The molecule has 0 radical (unpaired) electrons. The van der Waals surface area contributed by atoms with Crippen LogP contribution < -0.4 is 15.8 Å². The van der Waals surface area contributed by atoms with Gasteiger partial charge in [-0.05, 0) is 38.3 Å². The van der Waals surface area contributed by atoms with Crippen molar-refractivity contribution < 1.29 is 4.79 Å². The highest BCUT2D eigenvalue weighted by Crippen LogP contribution is 2.19. The van der Waals surface area contributed by atoms with Crippen molar-refractivity contribution in [3.63, 3.8) is 0 Å². The molecular formula is C17H27N5O2. The number of carbonyl (C=O) groups excluding carboxylic acids is 1. The topological polar surface area (TPSA) is 70.5 Å². The second kappa shape index (κ2) is 7.79. The molecule has 0 unspecified atom stereocenters. The number of anilines is 1. The summed E-state index contributed by atoms with van der Waals surface area (Å²) in [7, 11) is 1.73. The van der Waals surface area contributed by atoms with E-state index in [1.54, 1.807) is 24.0 Å². The number of carbonyl (C=O) groups is 1. The fourth-order valence-electron chi connectivity index (χ4n) is 3.53. The van der Waals surface area contributed by atoms with Gasteiger partial charge in [-0.2, -0.15) is 0 Å². The van der Waals surface area contributed by atoms with E-state index >= 15 is 0 Å². The Balaban J connectivity index is 1.48. The first-order chi connectivity index (χ1) is 11.6. The predicted molar refractivity (Wildman–Crippen MR) is 93.1 cm³/mol. The van der Waals surface area contributed by atoms with E-state index in [1.807, 2.05) is 9.80 Å². The van der Waals surface area contributed by atoms with Gasteiger partial charge >= 0.3 is 0 Å². The van der Waals surface area contributed by atoms with Gasteiger partial charge in [0.15, 0.2) is 5.82 Å². The molecule has 0 bridgehead atoms. The first kappa shape index (κ1) is 17.0. The Morgan fingerprint density at radius 2 is 1.96 bits per heavy atom. The fourth-order valence-corrected chi connectivity index (χ4v) is 3.53. The summed E-state index contributed by atoms with van der Waals surface area (Å²) in [5.41, 5.74) is -0.0804. The number of nitrogens with one attached hydrogen (secondary N) is 1. The molecule has 0 aliphatic carbocycles. The average Bonchev–Trinajstić information content (AvgIpc) is 2.63. The maximum absolute atomic E-state index is 12.4. The van der Waals surface area contributed by atoms with E-state index in [4.69, 9.17) is 0 Å². The van der Waals surface area contributed by atoms with E-state index in [1.165, 1.54) is 12.8 Å². The minimum atomic E-state index is -0.0804. The lowest BCUT2D eigenvalue weighted by Crippen LogP contribution is -2.50. The number of hydrogen-bond donors (Lipinski definition) is 1. The van der Waals surface area contributed by atoms with E-state index in [0.717, 1.165) is 19.5 Å². The van der Waals surface area contributed by atoms with Crippen LogP contribution in [-0.4, -0.2) is 59.6 Å². The number of aryl methyl sites for hydroxylation is 1. The van der Waals surface area contributed by atoms with Crippen molar-refractivity contribution in [1.29, 1.82) is 0 Å². The van der Waals surface area contributed by atoms with E-state index < -0.39 is 0 Å². The van der Waals surface area contributed by atoms with Gasteiger partial charge in [0.2, 0.25) is 5.91 Å². The van der Waals surface area contributed by atoms with E-state index in [2.05, 4.69) is 10.3 Å². The molecule has 1 aromatic heterocycles. The third-order valence-corrected chi connectivity index (χ3v) is 5.16. The molecule has 3 heterocycles. The van der Waals surface area contributed by atoms with Crippen LogP contribution in [0.3, 0.4) is 0 Å². The van der Waals surface area contributed by atoms with Gasteiger partial charge in [0.1, 0.15) is 0 Å². The predicted octanol–water partition coefficient (Wildman–Crippen LogP) is 0.209. The summed E-state index contributed by atoms with van der Waals surface area (Å²) in [6, 6.07) is 0. The van der Waals surface area contributed by atoms with Crippen molar-refractivity contribution >= 4 is 11.7 Å². The number of rotatable bonds is 4. The normalized spacial score (nSPS) is 19.5. The zero-order valence-electron chi connectivity index (χ0n) is 14.4. The maximum atomic E-state index is 12.4. The van der Waals surface area contributed by atoms with Gasteiger partial charge in [-0.15, -0.1) is 0 Å². The molecule has 7 nitrogen and oxygen atoms in total. The van der Waals surface area contributed by atoms with Crippen molar-refractivity contribution in [2.24, 2.45) is 13.0 Å². The van der Waals surface area contributed by atoms with E-state index in [0.29, 0.717) is 44.3 Å². The quantitative estimate of drug-likeness (QED) is 0.853. The van der Waals surface area contributed by atoms with Crippen LogP contribution in [0.4, 0.5) is 5.82 Å². The summed E-state index contributed by atoms with van der Waals surface area (Å²) >= 11 is 0. The van der Waals surface area contributed by atoms with Crippen LogP contribution in [0, 0.1) is 5.92 Å². The maximum Gasteiger partial charge on any atom is 0.293 e. The third-order valence-electron chi connectivity index (χ3n) is 5.16. The zero-order valence-corrected chi connectivity index (χ0v) is 14.4. The molecule has 0 spiro atoms. The third kappa shape index (κ3) is 3.95. The molecule has 3 rings (SSSR count). The van der Waals surface area contributed by atoms with Crippen molar-refractivity contribution in [3.8, 4) is 0 Å². The molecule has 2 saturated heterocycles. The minimum Gasteiger partial charge on any atom is -0.348 e. The first-order valence-corrected chi connectivity index (χ1v) is 8.90. The number of hydrogen-bond acceptors (Lipinski definition) is 5. The summed E-state index contributed by atoms with van der Waals surface area (Å²) in [6.07, 6.45) is 7.32. The Morgan fingerprint density at radius 1 is 1.25 bits per heavy atom. The van der Waals surface area contributed by atoms with E-state index in [9.17, 15) is 9.59 Å². The summed E-state index contributed by atoms with van der Waals surface area (Å²) < 4.78 is 1.54. The van der Waals surface area contributed by atoms with Gasteiger partial charge in [-0.25, -0.2) is 4.98 Å². The molecule has 1 N–H and O–H groups in total. The first-order valence-electron chi connectivity index (χ1n) is 8.90. The fraction of sp³-hybridized carbons (Fsp3) is 0.706. The van der Waals surface area contributed by atoms with Crippen molar-refractivity contribution in [2.75, 3.05) is 44.2 Å². The number of piperazine rings is 1. The van der Waals surface area contributed by atoms with Gasteiger partial charge in [-0.1, -0.05) is 0 Å². The molecule has 0 atom stereocenters. The van der Waals surface area contributed by atoms with E-state index in [-0.39, 0.29) is 11.5 Å². The number of nitrogens with zero attached hydrogens (tertiary/aromatic N) is 4. The van der Waals surface area contributed by atoms with Crippen LogP contribution in [0.2, 0.25) is 0 Å². The summed E-state index contributed by atoms with van der Waals surface area (Å²) in [5, 5.41) is 3.36. The molecule has 24 heavy (non-hydrogen) atoms. The Hall–Kier alpha value is -1.89. The second-order valence-electron chi connectivity index (χ2n) is 6.77. The molecule has 1 aromatic rings. The van der Waals surface area contributed by atoms with Crippen molar-refractivity contribution in [1.82, 2.24) is 19.8 Å². The van der Waals surface area contributed by atoms with Gasteiger partial charge in [-0.3, -0.25) is 9.59 Å². The number of aromatic nitrogens is 2. The summed E-state index contributed by atoms with van der Waals surface area (Å²) in [4.78, 5) is 32.7. The highest BCUT2D eigenvalue weighted by atomic mass is 16.2. The molecule has 1 amide bonds. The lowest BCUT2D eigenvalue weighted by molar-refractivity contribution is -0.131. The molecule has 2 fully saturated rings. The minimum absolute atomic E-state index is 0.0804. The molecule has 0 aromatic carbocycles. The molecule has 132 valence electrons. The van der Waals surface area contributed by atoms with Crippen LogP contribution in [-0.2, 0) is 11.8 Å². The Kier molecular flexibility index (Phi) is 5.50. The molecular weight excluding hydrogens is 306 g/mol. The van der Waals surface area contributed by atoms with Gasteiger partial charge < -0.3 is 19.7 Å². The second-order valence-corrected chi connectivity index (χ2v) is 6.77. The highest BCUT2D eigenvalue weighted by Gasteiger charge is 2.24. The van der Waals surface area contributed by atoms with Gasteiger partial charge in [0, 0.05) is 52.0 Å². The molecule has 0 saturated carbocycles. The van der Waals surface area contributed by atoms with Crippen LogP contribution in [0.25, 0.3) is 0 Å². The van der Waals surface area contributed by atoms with Gasteiger partial charge in [0.05, 0.1) is 0 Å². The van der Waals surface area contributed by atoms with Crippen molar-refractivity contribution in [3.05, 3.63) is 22.7 Å². The van der Waals surface area contributed by atoms with Gasteiger partial charge in [0.25, 0.3) is 5.56 Å². The average molecular weight is 333 g/mol.